The van der Waals surface area contributed by atoms with Gasteiger partial charge in [0.25, 0.3) is 5.69 Å². The molecule has 1 atom stereocenters. The Hall–Kier alpha value is -2.62. The Morgan fingerprint density at radius 3 is 2.58 bits per heavy atom. The molecule has 1 aromatic carbocycles. The van der Waals surface area contributed by atoms with Gasteiger partial charge in [0.2, 0.25) is 0 Å². The van der Waals surface area contributed by atoms with Crippen molar-refractivity contribution < 1.29 is 14.8 Å². The van der Waals surface area contributed by atoms with Crippen molar-refractivity contribution in [2.24, 2.45) is 5.92 Å². The van der Waals surface area contributed by atoms with E-state index in [0.717, 1.165) is 0 Å². The van der Waals surface area contributed by atoms with Gasteiger partial charge in [0.15, 0.2) is 0 Å². The molecule has 0 saturated carbocycles. The van der Waals surface area contributed by atoms with Gasteiger partial charge in [-0.2, -0.15) is 5.26 Å². The van der Waals surface area contributed by atoms with Crippen LogP contribution in [0.15, 0.2) is 18.2 Å². The lowest BCUT2D eigenvalue weighted by Gasteiger charge is -2.19. The van der Waals surface area contributed by atoms with E-state index in [-0.39, 0.29) is 22.9 Å². The van der Waals surface area contributed by atoms with E-state index in [1.54, 1.807) is 13.8 Å². The molecule has 7 heteroatoms. The number of carbonyl (C=O) groups is 1. The molecule has 0 aliphatic carbocycles. The smallest absolute Gasteiger partial charge is 0.326 e. The van der Waals surface area contributed by atoms with E-state index in [1.165, 1.54) is 18.2 Å². The lowest BCUT2D eigenvalue weighted by atomic mass is 10.0. The van der Waals surface area contributed by atoms with Gasteiger partial charge >= 0.3 is 5.97 Å². The lowest BCUT2D eigenvalue weighted by Crippen LogP contribution is -2.34. The first-order valence-corrected chi connectivity index (χ1v) is 5.54. The number of nitrogens with zero attached hydrogens (tertiary/aromatic N) is 2. The SMILES string of the molecule is CC(C)C(Nc1cc(C#N)ccc1[N+](=O)[O-])C(=O)O. The average Bonchev–Trinajstić information content (AvgIpc) is 2.34. The number of hydrogen-bond donors (Lipinski definition) is 2. The summed E-state index contributed by atoms with van der Waals surface area (Å²) in [5.41, 5.74) is -0.00274. The minimum atomic E-state index is -1.10. The molecule has 0 aliphatic rings. The summed E-state index contributed by atoms with van der Waals surface area (Å²) < 4.78 is 0. The first kappa shape index (κ1) is 14.4. The fourth-order valence-corrected chi connectivity index (χ4v) is 1.56. The van der Waals surface area contributed by atoms with Crippen LogP contribution in [0.5, 0.6) is 0 Å². The monoisotopic (exact) mass is 263 g/mol. The maximum Gasteiger partial charge on any atom is 0.326 e. The Labute approximate surface area is 109 Å². The van der Waals surface area contributed by atoms with E-state index in [4.69, 9.17) is 10.4 Å². The van der Waals surface area contributed by atoms with Crippen LogP contribution in [0.25, 0.3) is 0 Å². The lowest BCUT2D eigenvalue weighted by molar-refractivity contribution is -0.384. The van der Waals surface area contributed by atoms with Gasteiger partial charge in [-0.25, -0.2) is 4.79 Å². The van der Waals surface area contributed by atoms with Gasteiger partial charge in [0.1, 0.15) is 11.7 Å². The molecule has 0 saturated heterocycles. The van der Waals surface area contributed by atoms with E-state index in [0.29, 0.717) is 0 Å². The van der Waals surface area contributed by atoms with Crippen LogP contribution in [0.4, 0.5) is 11.4 Å². The predicted molar refractivity (Wildman–Crippen MR) is 67.7 cm³/mol. The second-order valence-electron chi connectivity index (χ2n) is 4.31. The number of nitrogens with one attached hydrogen (secondary N) is 1. The van der Waals surface area contributed by atoms with Crippen molar-refractivity contribution in [3.8, 4) is 6.07 Å². The fourth-order valence-electron chi connectivity index (χ4n) is 1.56. The molecule has 1 unspecified atom stereocenters. The maximum atomic E-state index is 11.1. The molecule has 19 heavy (non-hydrogen) atoms. The minimum absolute atomic E-state index is 0.0325. The Bertz CT molecular complexity index is 548. The molecule has 0 bridgehead atoms. The van der Waals surface area contributed by atoms with E-state index in [9.17, 15) is 14.9 Å². The van der Waals surface area contributed by atoms with Crippen molar-refractivity contribution in [2.75, 3.05) is 5.32 Å². The van der Waals surface area contributed by atoms with Gasteiger partial charge in [-0.3, -0.25) is 10.1 Å². The van der Waals surface area contributed by atoms with Gasteiger partial charge in [0.05, 0.1) is 16.6 Å². The maximum absolute atomic E-state index is 11.1. The minimum Gasteiger partial charge on any atom is -0.480 e. The number of rotatable bonds is 5. The highest BCUT2D eigenvalue weighted by Gasteiger charge is 2.24. The third-order valence-corrected chi connectivity index (χ3v) is 2.57. The number of benzene rings is 1. The first-order chi connectivity index (χ1) is 8.86. The second-order valence-corrected chi connectivity index (χ2v) is 4.31. The number of carboxylic acids is 1. The molecule has 0 heterocycles. The van der Waals surface area contributed by atoms with Gasteiger partial charge in [0, 0.05) is 6.07 Å². The molecule has 0 amide bonds. The van der Waals surface area contributed by atoms with E-state index < -0.39 is 16.9 Å². The van der Waals surface area contributed by atoms with Gasteiger partial charge in [-0.1, -0.05) is 13.8 Å². The fraction of sp³-hybridized carbons (Fsp3) is 0.333. The van der Waals surface area contributed by atoms with Crippen LogP contribution in [0.2, 0.25) is 0 Å². The summed E-state index contributed by atoms with van der Waals surface area (Å²) in [6, 6.07) is 4.66. The molecule has 0 fully saturated rings. The molecule has 0 radical (unpaired) electrons. The molecule has 0 spiro atoms. The molecule has 0 aromatic heterocycles. The molecule has 1 rings (SSSR count). The number of hydrogen-bond acceptors (Lipinski definition) is 5. The Kier molecular flexibility index (Phi) is 4.42. The van der Waals surface area contributed by atoms with Crippen molar-refractivity contribution in [3.63, 3.8) is 0 Å². The summed E-state index contributed by atoms with van der Waals surface area (Å²) in [5.74, 6) is -1.37. The topological polar surface area (TPSA) is 116 Å². The summed E-state index contributed by atoms with van der Waals surface area (Å²) in [4.78, 5) is 21.3. The van der Waals surface area contributed by atoms with Gasteiger partial charge in [-0.15, -0.1) is 0 Å². The number of carboxylic acid groups (broad SMARTS) is 1. The summed E-state index contributed by atoms with van der Waals surface area (Å²) in [6.45, 7) is 3.37. The predicted octanol–water partition coefficient (Wildman–Crippen LogP) is 1.99. The van der Waals surface area contributed by atoms with Crippen molar-refractivity contribution in [1.82, 2.24) is 0 Å². The number of nitriles is 1. The van der Waals surface area contributed by atoms with Crippen LogP contribution < -0.4 is 5.32 Å². The third kappa shape index (κ3) is 3.42. The van der Waals surface area contributed by atoms with Gasteiger partial charge < -0.3 is 10.4 Å². The molecular formula is C12H13N3O4. The van der Waals surface area contributed by atoms with Crippen LogP contribution in [-0.4, -0.2) is 22.0 Å². The first-order valence-electron chi connectivity index (χ1n) is 5.54. The van der Waals surface area contributed by atoms with Crippen LogP contribution in [0.1, 0.15) is 19.4 Å². The largest absolute Gasteiger partial charge is 0.480 e. The summed E-state index contributed by atoms with van der Waals surface area (Å²) >= 11 is 0. The van der Waals surface area contributed by atoms with Crippen molar-refractivity contribution >= 4 is 17.3 Å². The van der Waals surface area contributed by atoms with E-state index in [1.807, 2.05) is 6.07 Å². The van der Waals surface area contributed by atoms with E-state index >= 15 is 0 Å². The zero-order valence-electron chi connectivity index (χ0n) is 10.5. The molecule has 100 valence electrons. The van der Waals surface area contributed by atoms with Gasteiger partial charge in [-0.05, 0) is 18.1 Å². The number of anilines is 1. The molecule has 1 aromatic rings. The van der Waals surface area contributed by atoms with Crippen LogP contribution in [-0.2, 0) is 4.79 Å². The molecule has 0 aliphatic heterocycles. The summed E-state index contributed by atoms with van der Waals surface area (Å²) in [7, 11) is 0. The number of nitro groups is 1. The number of nitro benzene ring substituents is 1. The van der Waals surface area contributed by atoms with Crippen molar-refractivity contribution in [1.29, 1.82) is 5.26 Å². The molecule has 2 N–H and O–H groups in total. The zero-order valence-corrected chi connectivity index (χ0v) is 10.5. The standard InChI is InChI=1S/C12H13N3O4/c1-7(2)11(12(16)17)14-9-5-8(6-13)3-4-10(9)15(18)19/h3-5,7,11,14H,1-2H3,(H,16,17). The highest BCUT2D eigenvalue weighted by atomic mass is 16.6. The van der Waals surface area contributed by atoms with Crippen molar-refractivity contribution in [2.45, 2.75) is 19.9 Å². The molecule has 7 nitrogen and oxygen atoms in total. The second kappa shape index (κ2) is 5.82. The van der Waals surface area contributed by atoms with Crippen LogP contribution in [0.3, 0.4) is 0 Å². The van der Waals surface area contributed by atoms with E-state index in [2.05, 4.69) is 5.32 Å². The Balaban J connectivity index is 3.20. The zero-order chi connectivity index (χ0) is 14.6. The Morgan fingerprint density at radius 2 is 2.16 bits per heavy atom. The highest BCUT2D eigenvalue weighted by Crippen LogP contribution is 2.27. The average molecular weight is 263 g/mol. The van der Waals surface area contributed by atoms with Crippen LogP contribution >= 0.6 is 0 Å². The Morgan fingerprint density at radius 1 is 1.53 bits per heavy atom. The van der Waals surface area contributed by atoms with Crippen molar-refractivity contribution in [3.05, 3.63) is 33.9 Å². The third-order valence-electron chi connectivity index (χ3n) is 2.57. The molecular weight excluding hydrogens is 250 g/mol. The normalized spacial score (nSPS) is 11.7. The van der Waals surface area contributed by atoms with Crippen LogP contribution in [0, 0.1) is 27.4 Å². The quantitative estimate of drug-likeness (QED) is 0.619. The number of aliphatic carboxylic acids is 1. The highest BCUT2D eigenvalue weighted by molar-refractivity contribution is 5.79. The summed E-state index contributed by atoms with van der Waals surface area (Å²) in [6.07, 6.45) is 0. The summed E-state index contributed by atoms with van der Waals surface area (Å²) in [5, 5.41) is 31.3.